The maximum absolute atomic E-state index is 12.2. The summed E-state index contributed by atoms with van der Waals surface area (Å²) in [5.41, 5.74) is 2.09. The highest BCUT2D eigenvalue weighted by molar-refractivity contribution is 9.10. The fourth-order valence-corrected chi connectivity index (χ4v) is 4.06. The molecule has 23 heavy (non-hydrogen) atoms. The van der Waals surface area contributed by atoms with Crippen LogP contribution in [0.5, 0.6) is 0 Å². The van der Waals surface area contributed by atoms with E-state index < -0.39 is 0 Å². The summed E-state index contributed by atoms with van der Waals surface area (Å²) in [6.07, 6.45) is 1.13. The zero-order valence-electron chi connectivity index (χ0n) is 12.8. The smallest absolute Gasteiger partial charge is 0.220 e. The van der Waals surface area contributed by atoms with E-state index in [9.17, 15) is 4.79 Å². The number of aryl methyl sites for hydroxylation is 1. The molecule has 0 fully saturated rings. The molecule has 3 aromatic rings. The lowest BCUT2D eigenvalue weighted by atomic mass is 10.1. The minimum Gasteiger partial charge on any atom is -0.350 e. The van der Waals surface area contributed by atoms with Crippen molar-refractivity contribution in [2.45, 2.75) is 25.8 Å². The minimum atomic E-state index is -0.0200. The number of hydrogen-bond acceptors (Lipinski definition) is 3. The fourth-order valence-electron chi connectivity index (χ4n) is 2.46. The van der Waals surface area contributed by atoms with Crippen molar-refractivity contribution in [2.75, 3.05) is 0 Å². The average molecular weight is 389 g/mol. The number of nitrogens with one attached hydrogen (secondary N) is 1. The third kappa shape index (κ3) is 3.98. The summed E-state index contributed by atoms with van der Waals surface area (Å²) < 4.78 is 2.18. The Hall–Kier alpha value is -1.72. The molecule has 1 amide bonds. The molecule has 0 saturated carbocycles. The number of nitrogens with zero attached hydrogens (tertiary/aromatic N) is 1. The maximum atomic E-state index is 12.2. The standard InChI is InChI=1S/C18H17BrN2OS/c1-12(13-6-2-3-7-14(13)19)20-17(22)10-11-18-21-15-8-4-5-9-16(15)23-18/h2-9,12H,10-11H2,1H3,(H,20,22)/t12-/m0/s1. The van der Waals surface area contributed by atoms with Crippen LogP contribution in [0.4, 0.5) is 0 Å². The van der Waals surface area contributed by atoms with Crippen LogP contribution < -0.4 is 5.32 Å². The molecule has 1 aromatic heterocycles. The first-order valence-corrected chi connectivity index (χ1v) is 9.12. The number of carbonyl (C=O) groups excluding carboxylic acids is 1. The molecule has 0 aliphatic heterocycles. The highest BCUT2D eigenvalue weighted by Crippen LogP contribution is 2.24. The van der Waals surface area contributed by atoms with Gasteiger partial charge in [0.25, 0.3) is 0 Å². The molecule has 0 unspecified atom stereocenters. The Kier molecular flexibility index (Phi) is 5.08. The maximum Gasteiger partial charge on any atom is 0.220 e. The first-order chi connectivity index (χ1) is 11.1. The number of hydrogen-bond donors (Lipinski definition) is 1. The third-order valence-electron chi connectivity index (χ3n) is 3.65. The number of benzene rings is 2. The molecular weight excluding hydrogens is 372 g/mol. The van der Waals surface area contributed by atoms with E-state index in [1.807, 2.05) is 49.4 Å². The molecule has 5 heteroatoms. The van der Waals surface area contributed by atoms with Crippen LogP contribution in [0.15, 0.2) is 53.0 Å². The SMILES string of the molecule is C[C@H](NC(=O)CCc1nc2ccccc2s1)c1ccccc1Br. The lowest BCUT2D eigenvalue weighted by Crippen LogP contribution is -2.27. The fraction of sp³-hybridized carbons (Fsp3) is 0.222. The number of halogens is 1. The van der Waals surface area contributed by atoms with Crippen LogP contribution >= 0.6 is 27.3 Å². The monoisotopic (exact) mass is 388 g/mol. The zero-order chi connectivity index (χ0) is 16.2. The summed E-state index contributed by atoms with van der Waals surface area (Å²) in [5, 5.41) is 4.06. The van der Waals surface area contributed by atoms with E-state index in [0.717, 1.165) is 20.6 Å². The molecule has 0 aliphatic carbocycles. The van der Waals surface area contributed by atoms with Gasteiger partial charge in [-0.2, -0.15) is 0 Å². The molecule has 0 radical (unpaired) electrons. The van der Waals surface area contributed by atoms with Crippen LogP contribution in [0.2, 0.25) is 0 Å². The Bertz CT molecular complexity index is 798. The van der Waals surface area contributed by atoms with Gasteiger partial charge in [0.1, 0.15) is 0 Å². The number of fused-ring (bicyclic) bond motifs is 1. The molecule has 3 rings (SSSR count). The first-order valence-electron chi connectivity index (χ1n) is 7.52. The predicted molar refractivity (Wildman–Crippen MR) is 98.6 cm³/mol. The lowest BCUT2D eigenvalue weighted by molar-refractivity contribution is -0.121. The van der Waals surface area contributed by atoms with E-state index in [-0.39, 0.29) is 11.9 Å². The number of carbonyl (C=O) groups is 1. The number of amides is 1. The Labute approximate surface area is 147 Å². The van der Waals surface area contributed by atoms with Crippen molar-refractivity contribution >= 4 is 43.4 Å². The summed E-state index contributed by atoms with van der Waals surface area (Å²) in [6, 6.07) is 16.0. The molecule has 2 aromatic carbocycles. The molecule has 1 heterocycles. The van der Waals surface area contributed by atoms with Crippen molar-refractivity contribution in [2.24, 2.45) is 0 Å². The van der Waals surface area contributed by atoms with E-state index in [1.165, 1.54) is 4.70 Å². The van der Waals surface area contributed by atoms with Crippen molar-refractivity contribution in [1.29, 1.82) is 0 Å². The van der Waals surface area contributed by atoms with Gasteiger partial charge in [0.2, 0.25) is 5.91 Å². The van der Waals surface area contributed by atoms with Gasteiger partial charge in [-0.25, -0.2) is 4.98 Å². The van der Waals surface area contributed by atoms with Crippen molar-refractivity contribution in [3.05, 3.63) is 63.6 Å². The van der Waals surface area contributed by atoms with Gasteiger partial charge in [0, 0.05) is 17.3 Å². The van der Waals surface area contributed by atoms with Crippen molar-refractivity contribution in [3.8, 4) is 0 Å². The minimum absolute atomic E-state index is 0.0200. The van der Waals surface area contributed by atoms with Crippen molar-refractivity contribution in [3.63, 3.8) is 0 Å². The second-order valence-electron chi connectivity index (χ2n) is 5.39. The number of para-hydroxylation sites is 1. The molecule has 0 aliphatic rings. The van der Waals surface area contributed by atoms with E-state index in [1.54, 1.807) is 11.3 Å². The molecule has 0 saturated heterocycles. The van der Waals surface area contributed by atoms with Crippen LogP contribution in [-0.4, -0.2) is 10.9 Å². The van der Waals surface area contributed by atoms with Gasteiger partial charge in [-0.15, -0.1) is 11.3 Å². The second kappa shape index (κ2) is 7.23. The number of aromatic nitrogens is 1. The first kappa shape index (κ1) is 16.1. The van der Waals surface area contributed by atoms with Crippen LogP contribution in [0, 0.1) is 0 Å². The number of thiazole rings is 1. The van der Waals surface area contributed by atoms with Crippen molar-refractivity contribution < 1.29 is 4.79 Å². The predicted octanol–water partition coefficient (Wildman–Crippen LogP) is 4.87. The Morgan fingerprint density at radius 2 is 1.96 bits per heavy atom. The second-order valence-corrected chi connectivity index (χ2v) is 7.36. The van der Waals surface area contributed by atoms with Gasteiger partial charge >= 0.3 is 0 Å². The average Bonchev–Trinajstić information content (AvgIpc) is 2.96. The van der Waals surface area contributed by atoms with Gasteiger partial charge in [0.15, 0.2) is 0 Å². The van der Waals surface area contributed by atoms with Gasteiger partial charge in [-0.3, -0.25) is 4.79 Å². The zero-order valence-corrected chi connectivity index (χ0v) is 15.2. The topological polar surface area (TPSA) is 42.0 Å². The van der Waals surface area contributed by atoms with Crippen LogP contribution in [0.1, 0.15) is 30.0 Å². The van der Waals surface area contributed by atoms with E-state index in [2.05, 4.69) is 32.3 Å². The summed E-state index contributed by atoms with van der Waals surface area (Å²) in [4.78, 5) is 16.7. The quantitative estimate of drug-likeness (QED) is 0.677. The van der Waals surface area contributed by atoms with Gasteiger partial charge in [-0.05, 0) is 30.7 Å². The Morgan fingerprint density at radius 3 is 2.74 bits per heavy atom. The van der Waals surface area contributed by atoms with E-state index in [4.69, 9.17) is 0 Å². The Morgan fingerprint density at radius 1 is 1.22 bits per heavy atom. The highest BCUT2D eigenvalue weighted by Gasteiger charge is 2.13. The summed E-state index contributed by atoms with van der Waals surface area (Å²) in [5.74, 6) is 0.0486. The summed E-state index contributed by atoms with van der Waals surface area (Å²) >= 11 is 5.18. The normalized spacial score (nSPS) is 12.3. The molecule has 1 atom stereocenters. The largest absolute Gasteiger partial charge is 0.350 e. The molecule has 1 N–H and O–H groups in total. The molecule has 0 spiro atoms. The van der Waals surface area contributed by atoms with Crippen LogP contribution in [0.25, 0.3) is 10.2 Å². The third-order valence-corrected chi connectivity index (χ3v) is 5.47. The van der Waals surface area contributed by atoms with Crippen LogP contribution in [0.3, 0.4) is 0 Å². The van der Waals surface area contributed by atoms with E-state index in [0.29, 0.717) is 12.8 Å². The molecular formula is C18H17BrN2OS. The lowest BCUT2D eigenvalue weighted by Gasteiger charge is -2.15. The molecule has 3 nitrogen and oxygen atoms in total. The van der Waals surface area contributed by atoms with Crippen LogP contribution in [-0.2, 0) is 11.2 Å². The highest BCUT2D eigenvalue weighted by atomic mass is 79.9. The molecule has 0 bridgehead atoms. The van der Waals surface area contributed by atoms with Gasteiger partial charge in [0.05, 0.1) is 21.3 Å². The van der Waals surface area contributed by atoms with Crippen molar-refractivity contribution in [1.82, 2.24) is 10.3 Å². The number of rotatable bonds is 5. The van der Waals surface area contributed by atoms with Gasteiger partial charge in [-0.1, -0.05) is 46.3 Å². The summed E-state index contributed by atoms with van der Waals surface area (Å²) in [7, 11) is 0. The summed E-state index contributed by atoms with van der Waals surface area (Å²) in [6.45, 7) is 2.00. The van der Waals surface area contributed by atoms with E-state index >= 15 is 0 Å². The Balaban J connectivity index is 1.58. The molecule has 118 valence electrons. The van der Waals surface area contributed by atoms with Gasteiger partial charge < -0.3 is 5.32 Å².